The first-order valence-electron chi connectivity index (χ1n) is 10.5. The summed E-state index contributed by atoms with van der Waals surface area (Å²) in [6.45, 7) is 6.23. The molecule has 0 aliphatic carbocycles. The van der Waals surface area contributed by atoms with Crippen molar-refractivity contribution in [3.63, 3.8) is 0 Å². The summed E-state index contributed by atoms with van der Waals surface area (Å²) in [5.74, 6) is -1.24. The molecular weight excluding hydrogens is 514 g/mol. The van der Waals surface area contributed by atoms with Crippen LogP contribution in [-0.4, -0.2) is 69.1 Å². The maximum absolute atomic E-state index is 13.0. The molecule has 2 aromatic heterocycles. The van der Waals surface area contributed by atoms with Gasteiger partial charge in [0.25, 0.3) is 0 Å². The van der Waals surface area contributed by atoms with E-state index in [1.807, 2.05) is 0 Å². The summed E-state index contributed by atoms with van der Waals surface area (Å²) in [4.78, 5) is 36.0. The third-order valence-corrected chi connectivity index (χ3v) is 7.40. The monoisotopic (exact) mass is 538 g/mol. The average Bonchev–Trinajstić information content (AvgIpc) is 3.28. The summed E-state index contributed by atoms with van der Waals surface area (Å²) in [5, 5.41) is -0.0954. The minimum atomic E-state index is -3.41. The number of imidazole rings is 1. The Morgan fingerprint density at radius 1 is 1.09 bits per heavy atom. The Morgan fingerprint density at radius 3 is 2.29 bits per heavy atom. The molecule has 0 bridgehead atoms. The van der Waals surface area contributed by atoms with Crippen molar-refractivity contribution >= 4 is 53.9 Å². The van der Waals surface area contributed by atoms with Crippen LogP contribution >= 0.6 is 30.8 Å². The van der Waals surface area contributed by atoms with Crippen molar-refractivity contribution in [2.75, 3.05) is 19.4 Å². The van der Waals surface area contributed by atoms with Gasteiger partial charge in [-0.05, 0) is 31.9 Å². The highest BCUT2D eigenvalue weighted by Crippen LogP contribution is 2.50. The molecule has 1 aliphatic heterocycles. The maximum atomic E-state index is 13.0. The Kier molecular flexibility index (Phi) is 8.88. The van der Waals surface area contributed by atoms with E-state index in [4.69, 9.17) is 46.5 Å². The number of nitrogens with zero attached hydrogens (tertiary/aromatic N) is 4. The highest BCUT2D eigenvalue weighted by molar-refractivity contribution is 7.53. The second kappa shape index (κ2) is 11.3. The minimum Gasteiger partial charge on any atom is -0.456 e. The molecule has 1 aliphatic rings. The Balaban J connectivity index is 1.98. The zero-order chi connectivity index (χ0) is 25.0. The van der Waals surface area contributed by atoms with Crippen LogP contribution in [0.2, 0.25) is 10.4 Å². The Bertz CT molecular complexity index is 1090. The van der Waals surface area contributed by atoms with Gasteiger partial charge in [0, 0.05) is 13.8 Å². The molecule has 34 heavy (non-hydrogen) atoms. The molecule has 4 atom stereocenters. The first kappa shape index (κ1) is 26.8. The minimum absolute atomic E-state index is 0.0128. The third kappa shape index (κ3) is 6.05. The fourth-order valence-corrected chi connectivity index (χ4v) is 5.82. The normalized spacial score (nSPS) is 22.8. The van der Waals surface area contributed by atoms with Crippen LogP contribution in [0.5, 0.6) is 0 Å². The van der Waals surface area contributed by atoms with Crippen molar-refractivity contribution in [3.05, 3.63) is 16.8 Å². The topological polar surface area (TPSA) is 141 Å². The van der Waals surface area contributed by atoms with E-state index in [1.54, 1.807) is 13.8 Å². The highest BCUT2D eigenvalue weighted by atomic mass is 35.5. The molecule has 0 radical (unpaired) electrons. The summed E-state index contributed by atoms with van der Waals surface area (Å²) in [7, 11) is -3.41. The Labute approximate surface area is 205 Å². The molecule has 0 spiro atoms. The van der Waals surface area contributed by atoms with Crippen LogP contribution in [-0.2, 0) is 37.4 Å². The van der Waals surface area contributed by atoms with E-state index >= 15 is 0 Å². The number of hydrogen-bond donors (Lipinski definition) is 0. The Morgan fingerprint density at radius 2 is 1.71 bits per heavy atom. The van der Waals surface area contributed by atoms with Gasteiger partial charge in [0.1, 0.15) is 11.6 Å². The largest absolute Gasteiger partial charge is 0.456 e. The first-order chi connectivity index (χ1) is 16.1. The van der Waals surface area contributed by atoms with Gasteiger partial charge in [-0.25, -0.2) is 9.97 Å². The van der Waals surface area contributed by atoms with E-state index in [0.717, 1.165) is 0 Å². The summed E-state index contributed by atoms with van der Waals surface area (Å²) in [5.41, 5.74) is 0.476. The zero-order valence-electron chi connectivity index (χ0n) is 19.0. The molecule has 12 nitrogen and oxygen atoms in total. The van der Waals surface area contributed by atoms with Crippen LogP contribution in [0.4, 0.5) is 0 Å². The predicted octanol–water partition coefficient (Wildman–Crippen LogP) is 3.55. The van der Waals surface area contributed by atoms with Crippen molar-refractivity contribution in [2.24, 2.45) is 0 Å². The van der Waals surface area contributed by atoms with Gasteiger partial charge in [-0.1, -0.05) is 11.6 Å². The van der Waals surface area contributed by atoms with Crippen LogP contribution in [0.1, 0.15) is 40.3 Å². The zero-order valence-corrected chi connectivity index (χ0v) is 21.4. The number of carbonyl (C=O) groups is 2. The lowest BCUT2D eigenvalue weighted by atomic mass is 10.1. The first-order valence-corrected chi connectivity index (χ1v) is 13.0. The number of hydrogen-bond acceptors (Lipinski definition) is 11. The van der Waals surface area contributed by atoms with Gasteiger partial charge in [0.05, 0.1) is 25.7 Å². The molecule has 3 rings (SSSR count). The van der Waals surface area contributed by atoms with Crippen molar-refractivity contribution in [3.8, 4) is 0 Å². The molecule has 0 amide bonds. The standard InChI is InChI=1S/C19H25Cl2N4O8P/c1-5-29-34(28,30-6-2)8-7-12-14(31-10(3)26)15(32-11(4)27)18(33-12)25-9-22-13-16(20)23-19(21)24-17(13)25/h9,12,14-15,18H,5-8H2,1-4H3/t12-,14-,15-,18-/m1/s1. The molecule has 0 saturated carbocycles. The lowest BCUT2D eigenvalue weighted by Gasteiger charge is -2.24. The second-order valence-electron chi connectivity index (χ2n) is 7.28. The van der Waals surface area contributed by atoms with Gasteiger partial charge >= 0.3 is 19.5 Å². The van der Waals surface area contributed by atoms with Crippen molar-refractivity contribution in [1.82, 2.24) is 19.5 Å². The van der Waals surface area contributed by atoms with Crippen molar-refractivity contribution in [2.45, 2.75) is 58.7 Å². The SMILES string of the molecule is CCOP(=O)(CC[C@H]1O[C@@H](n2cnc3c(Cl)nc(Cl)nc32)[C@H](OC(C)=O)[C@@H]1OC(C)=O)OCC. The lowest BCUT2D eigenvalue weighted by Crippen LogP contribution is -2.39. The molecule has 1 fully saturated rings. The number of ether oxygens (including phenoxy) is 3. The second-order valence-corrected chi connectivity index (χ2v) is 10.2. The maximum Gasteiger partial charge on any atom is 0.330 e. The van der Waals surface area contributed by atoms with E-state index in [9.17, 15) is 14.2 Å². The summed E-state index contributed by atoms with van der Waals surface area (Å²) < 4.78 is 42.3. The smallest absolute Gasteiger partial charge is 0.330 e. The molecule has 0 unspecified atom stereocenters. The molecular formula is C19H25Cl2N4O8P. The van der Waals surface area contributed by atoms with Crippen LogP contribution < -0.4 is 0 Å². The quantitative estimate of drug-likeness (QED) is 0.189. The number of halogens is 2. The number of fused-ring (bicyclic) bond motifs is 1. The van der Waals surface area contributed by atoms with Crippen molar-refractivity contribution < 1.29 is 37.4 Å². The number of carbonyl (C=O) groups excluding carboxylic acids is 2. The average molecular weight is 539 g/mol. The van der Waals surface area contributed by atoms with Crippen molar-refractivity contribution in [1.29, 1.82) is 0 Å². The molecule has 1 saturated heterocycles. The van der Waals surface area contributed by atoms with Gasteiger partial charge < -0.3 is 23.3 Å². The number of esters is 2. The number of aromatic nitrogens is 4. The number of rotatable bonds is 10. The van der Waals surface area contributed by atoms with Gasteiger partial charge in [0.15, 0.2) is 29.2 Å². The van der Waals surface area contributed by atoms with E-state index in [2.05, 4.69) is 15.0 Å². The molecule has 3 heterocycles. The highest BCUT2D eigenvalue weighted by Gasteiger charge is 2.51. The molecule has 2 aromatic rings. The van der Waals surface area contributed by atoms with Gasteiger partial charge in [-0.3, -0.25) is 18.7 Å². The van der Waals surface area contributed by atoms with Crippen LogP contribution in [0, 0.1) is 0 Å². The Hall–Kier alpha value is -1.82. The van der Waals surface area contributed by atoms with E-state index < -0.39 is 44.1 Å². The molecule has 0 N–H and O–H groups in total. The van der Waals surface area contributed by atoms with E-state index in [-0.39, 0.29) is 47.4 Å². The molecule has 15 heteroatoms. The fourth-order valence-electron chi connectivity index (χ4n) is 3.70. The van der Waals surface area contributed by atoms with Gasteiger partial charge in [-0.15, -0.1) is 0 Å². The third-order valence-electron chi connectivity index (χ3n) is 4.85. The molecule has 188 valence electrons. The summed E-state index contributed by atoms with van der Waals surface area (Å²) in [6.07, 6.45) is -2.45. The van der Waals surface area contributed by atoms with E-state index in [1.165, 1.54) is 24.7 Å². The fraction of sp³-hybridized carbons (Fsp3) is 0.632. The van der Waals surface area contributed by atoms with Crippen LogP contribution in [0.3, 0.4) is 0 Å². The lowest BCUT2D eigenvalue weighted by molar-refractivity contribution is -0.165. The predicted molar refractivity (Wildman–Crippen MR) is 121 cm³/mol. The summed E-state index contributed by atoms with van der Waals surface area (Å²) >= 11 is 12.1. The van der Waals surface area contributed by atoms with Crippen LogP contribution in [0.15, 0.2) is 6.33 Å². The van der Waals surface area contributed by atoms with Gasteiger partial charge in [0.2, 0.25) is 5.28 Å². The van der Waals surface area contributed by atoms with Crippen LogP contribution in [0.25, 0.3) is 11.2 Å². The summed E-state index contributed by atoms with van der Waals surface area (Å²) in [6, 6.07) is 0. The van der Waals surface area contributed by atoms with E-state index in [0.29, 0.717) is 0 Å². The molecule has 0 aromatic carbocycles. The van der Waals surface area contributed by atoms with Gasteiger partial charge in [-0.2, -0.15) is 4.98 Å².